The first-order chi connectivity index (χ1) is 14.8. The molecule has 3 heterocycles. The van der Waals surface area contributed by atoms with E-state index in [9.17, 15) is 8.78 Å². The van der Waals surface area contributed by atoms with Gasteiger partial charge in [-0.05, 0) is 56.7 Å². The molecule has 1 unspecified atom stereocenters. The number of rotatable bonds is 7. The Labute approximate surface area is 181 Å². The maximum Gasteiger partial charge on any atom is 0.244 e. The summed E-state index contributed by atoms with van der Waals surface area (Å²) in [6.45, 7) is 11.2. The molecule has 0 aliphatic heterocycles. The Kier molecular flexibility index (Phi) is 8.66. The Morgan fingerprint density at radius 3 is 2.58 bits per heavy atom. The topological polar surface area (TPSA) is 81.1 Å². The zero-order valence-electron chi connectivity index (χ0n) is 18.4. The predicted octanol–water partition coefficient (Wildman–Crippen LogP) is 4.99. The number of allylic oxidation sites excluding steroid dienone is 1. The number of aryl methyl sites for hydroxylation is 1. The fourth-order valence-electron chi connectivity index (χ4n) is 3.10. The summed E-state index contributed by atoms with van der Waals surface area (Å²) in [6.07, 6.45) is 6.64. The van der Waals surface area contributed by atoms with E-state index in [2.05, 4.69) is 46.4 Å². The predicted molar refractivity (Wildman–Crippen MR) is 122 cm³/mol. The van der Waals surface area contributed by atoms with Crippen molar-refractivity contribution in [2.24, 2.45) is 5.73 Å². The average molecular weight is 429 g/mol. The van der Waals surface area contributed by atoms with Crippen molar-refractivity contribution in [1.82, 2.24) is 19.4 Å². The third kappa shape index (κ3) is 6.10. The fraction of sp³-hybridized carbons (Fsp3) is 0.348. The molecule has 1 atom stereocenters. The number of anilines is 1. The average Bonchev–Trinajstić information content (AvgIpc) is 3.12. The van der Waals surface area contributed by atoms with Gasteiger partial charge in [0, 0.05) is 35.9 Å². The van der Waals surface area contributed by atoms with Crippen LogP contribution in [-0.4, -0.2) is 31.8 Å². The number of nitrogens with two attached hydrogens (primary N) is 1. The molecule has 3 N–H and O–H groups in total. The Morgan fingerprint density at radius 2 is 2.00 bits per heavy atom. The third-order valence-electron chi connectivity index (χ3n) is 4.80. The van der Waals surface area contributed by atoms with Gasteiger partial charge in [-0.1, -0.05) is 19.6 Å². The van der Waals surface area contributed by atoms with Crippen LogP contribution in [0.25, 0.3) is 11.2 Å². The second kappa shape index (κ2) is 11.2. The standard InChI is InChI=1S/C21H25F2N5.C2H5N/c1-5-13(3)26-21-25-11-18(14(4)27-21)17(6-2)15-7-8-20-24-10-16(9-19(22)23)28(20)12-15;1-2-3/h6-8,10-13,19H,5,9H2,1-4H3,(H,25,26,27);2H,1,3H2/b17-6-;. The summed E-state index contributed by atoms with van der Waals surface area (Å²) in [7, 11) is 0. The van der Waals surface area contributed by atoms with Gasteiger partial charge in [-0.15, -0.1) is 0 Å². The van der Waals surface area contributed by atoms with E-state index in [0.717, 1.165) is 28.8 Å². The minimum absolute atomic E-state index is 0.295. The summed E-state index contributed by atoms with van der Waals surface area (Å²) >= 11 is 0. The van der Waals surface area contributed by atoms with Crippen molar-refractivity contribution in [2.45, 2.75) is 53.0 Å². The summed E-state index contributed by atoms with van der Waals surface area (Å²) in [5.74, 6) is 0.607. The molecule has 0 saturated heterocycles. The molecule has 3 aromatic rings. The van der Waals surface area contributed by atoms with E-state index in [1.54, 1.807) is 10.6 Å². The van der Waals surface area contributed by atoms with Crippen LogP contribution in [0.1, 0.15) is 49.7 Å². The van der Waals surface area contributed by atoms with E-state index < -0.39 is 6.43 Å². The molecular formula is C23H30F2N6. The first kappa shape index (κ1) is 24.0. The summed E-state index contributed by atoms with van der Waals surface area (Å²) < 4.78 is 27.4. The Balaban J connectivity index is 0.00000107. The molecule has 6 nitrogen and oxygen atoms in total. The maximum absolute atomic E-state index is 12.8. The summed E-state index contributed by atoms with van der Waals surface area (Å²) in [5.41, 5.74) is 9.36. The number of pyridine rings is 1. The van der Waals surface area contributed by atoms with Gasteiger partial charge in [-0.2, -0.15) is 0 Å². The van der Waals surface area contributed by atoms with E-state index in [1.807, 2.05) is 38.3 Å². The van der Waals surface area contributed by atoms with Crippen molar-refractivity contribution in [2.75, 3.05) is 5.32 Å². The fourth-order valence-corrected chi connectivity index (χ4v) is 3.10. The SMILES string of the molecule is C/C=C(/c1ccc2ncc(CC(F)F)n2c1)c1cnc(NC(C)CC)nc1C.C=CN. The highest BCUT2D eigenvalue weighted by Crippen LogP contribution is 2.26. The molecule has 0 radical (unpaired) electrons. The molecule has 0 saturated carbocycles. The molecule has 0 bridgehead atoms. The molecular weight excluding hydrogens is 398 g/mol. The molecule has 0 aromatic carbocycles. The Hall–Kier alpha value is -3.29. The van der Waals surface area contributed by atoms with Gasteiger partial charge in [-0.3, -0.25) is 0 Å². The molecule has 0 fully saturated rings. The van der Waals surface area contributed by atoms with Gasteiger partial charge in [0.05, 0.1) is 12.1 Å². The van der Waals surface area contributed by atoms with Crippen LogP contribution in [0.5, 0.6) is 0 Å². The van der Waals surface area contributed by atoms with Crippen molar-refractivity contribution in [3.05, 3.63) is 72.1 Å². The normalized spacial score (nSPS) is 12.4. The molecule has 3 aromatic heterocycles. The lowest BCUT2D eigenvalue weighted by Gasteiger charge is -2.15. The smallest absolute Gasteiger partial charge is 0.244 e. The van der Waals surface area contributed by atoms with Gasteiger partial charge in [0.25, 0.3) is 0 Å². The lowest BCUT2D eigenvalue weighted by molar-refractivity contribution is 0.147. The van der Waals surface area contributed by atoms with Crippen molar-refractivity contribution in [3.8, 4) is 0 Å². The van der Waals surface area contributed by atoms with Crippen LogP contribution in [0.4, 0.5) is 14.7 Å². The number of nitrogens with zero attached hydrogens (tertiary/aromatic N) is 4. The first-order valence-electron chi connectivity index (χ1n) is 10.2. The number of alkyl halides is 2. The summed E-state index contributed by atoms with van der Waals surface area (Å²) in [5, 5.41) is 3.28. The number of aromatic nitrogens is 4. The van der Waals surface area contributed by atoms with Crippen LogP contribution in [0, 0.1) is 6.92 Å². The number of hydrogen-bond acceptors (Lipinski definition) is 5. The van der Waals surface area contributed by atoms with Crippen molar-refractivity contribution in [3.63, 3.8) is 0 Å². The van der Waals surface area contributed by atoms with E-state index in [1.165, 1.54) is 12.4 Å². The molecule has 0 aliphatic rings. The molecule has 31 heavy (non-hydrogen) atoms. The van der Waals surface area contributed by atoms with E-state index in [-0.39, 0.29) is 6.42 Å². The zero-order chi connectivity index (χ0) is 23.0. The minimum Gasteiger partial charge on any atom is -0.405 e. The van der Waals surface area contributed by atoms with Crippen LogP contribution in [-0.2, 0) is 6.42 Å². The van der Waals surface area contributed by atoms with Gasteiger partial charge < -0.3 is 15.5 Å². The Bertz CT molecular complexity index is 1040. The molecule has 0 amide bonds. The van der Waals surface area contributed by atoms with Gasteiger partial charge >= 0.3 is 0 Å². The van der Waals surface area contributed by atoms with Crippen LogP contribution < -0.4 is 11.1 Å². The number of halogens is 2. The van der Waals surface area contributed by atoms with Crippen LogP contribution in [0.2, 0.25) is 0 Å². The van der Waals surface area contributed by atoms with Gasteiger partial charge in [0.15, 0.2) is 0 Å². The monoisotopic (exact) mass is 428 g/mol. The molecule has 8 heteroatoms. The molecule has 3 rings (SSSR count). The Morgan fingerprint density at radius 1 is 1.29 bits per heavy atom. The lowest BCUT2D eigenvalue weighted by Crippen LogP contribution is -2.16. The molecule has 0 aliphatic carbocycles. The highest BCUT2D eigenvalue weighted by atomic mass is 19.3. The second-order valence-corrected chi connectivity index (χ2v) is 7.08. The minimum atomic E-state index is -2.41. The molecule has 0 spiro atoms. The first-order valence-corrected chi connectivity index (χ1v) is 10.2. The van der Waals surface area contributed by atoms with E-state index in [4.69, 9.17) is 0 Å². The van der Waals surface area contributed by atoms with Crippen LogP contribution >= 0.6 is 0 Å². The second-order valence-electron chi connectivity index (χ2n) is 7.08. The van der Waals surface area contributed by atoms with Crippen molar-refractivity contribution >= 4 is 17.2 Å². The highest BCUT2D eigenvalue weighted by molar-refractivity contribution is 5.80. The molecule has 166 valence electrons. The number of fused-ring (bicyclic) bond motifs is 1. The quantitative estimate of drug-likeness (QED) is 0.554. The van der Waals surface area contributed by atoms with Gasteiger partial charge in [-0.25, -0.2) is 23.7 Å². The van der Waals surface area contributed by atoms with Crippen LogP contribution in [0.3, 0.4) is 0 Å². The van der Waals surface area contributed by atoms with Crippen molar-refractivity contribution < 1.29 is 8.78 Å². The number of hydrogen-bond donors (Lipinski definition) is 2. The largest absolute Gasteiger partial charge is 0.405 e. The zero-order valence-corrected chi connectivity index (χ0v) is 18.4. The van der Waals surface area contributed by atoms with Crippen molar-refractivity contribution in [1.29, 1.82) is 0 Å². The van der Waals surface area contributed by atoms with Crippen LogP contribution in [0.15, 0.2) is 49.6 Å². The summed E-state index contributed by atoms with van der Waals surface area (Å²) in [4.78, 5) is 13.2. The summed E-state index contributed by atoms with van der Waals surface area (Å²) in [6, 6.07) is 4.07. The number of nitrogens with one attached hydrogen (secondary N) is 1. The lowest BCUT2D eigenvalue weighted by atomic mass is 9.99. The van der Waals surface area contributed by atoms with E-state index in [0.29, 0.717) is 23.3 Å². The van der Waals surface area contributed by atoms with E-state index >= 15 is 0 Å². The maximum atomic E-state index is 12.8. The number of imidazole rings is 1. The van der Waals surface area contributed by atoms with Gasteiger partial charge in [0.2, 0.25) is 12.4 Å². The van der Waals surface area contributed by atoms with Gasteiger partial charge in [0.1, 0.15) is 5.65 Å². The highest BCUT2D eigenvalue weighted by Gasteiger charge is 2.14. The third-order valence-corrected chi connectivity index (χ3v) is 4.80.